The van der Waals surface area contributed by atoms with Crippen LogP contribution in [-0.2, 0) is 9.53 Å². The average molecular weight is 340 g/mol. The fourth-order valence-electron chi connectivity index (χ4n) is 2.44. The summed E-state index contributed by atoms with van der Waals surface area (Å²) in [4.78, 5) is 14.0. The largest absolute Gasteiger partial charge is 0.378 e. The van der Waals surface area contributed by atoms with Crippen molar-refractivity contribution in [1.82, 2.24) is 15.5 Å². The fraction of sp³-hybridized carbons (Fsp3) is 0.786. The van der Waals surface area contributed by atoms with E-state index in [0.717, 1.165) is 45.5 Å². The fourth-order valence-corrected chi connectivity index (χ4v) is 2.44. The van der Waals surface area contributed by atoms with Crippen molar-refractivity contribution in [2.75, 3.05) is 39.8 Å². The van der Waals surface area contributed by atoms with Crippen LogP contribution >= 0.6 is 24.8 Å². The van der Waals surface area contributed by atoms with E-state index >= 15 is 0 Å². The molecule has 0 bridgehead atoms. The highest BCUT2D eigenvalue weighted by molar-refractivity contribution is 5.85. The smallest absolute Gasteiger partial charge is 0.241 e. The van der Waals surface area contributed by atoms with Crippen molar-refractivity contribution in [2.45, 2.75) is 31.4 Å². The summed E-state index contributed by atoms with van der Waals surface area (Å²) in [5, 5.41) is 6.02. The zero-order chi connectivity index (χ0) is 13.5. The maximum absolute atomic E-state index is 11.7. The second-order valence-corrected chi connectivity index (χ2v) is 5.33. The molecule has 0 aromatic heterocycles. The molecule has 1 saturated heterocycles. The summed E-state index contributed by atoms with van der Waals surface area (Å²) < 4.78 is 5.83. The monoisotopic (exact) mass is 339 g/mol. The van der Waals surface area contributed by atoms with Crippen molar-refractivity contribution in [3.63, 3.8) is 0 Å². The third kappa shape index (κ3) is 7.47. The summed E-state index contributed by atoms with van der Waals surface area (Å²) in [5.41, 5.74) is 0. The van der Waals surface area contributed by atoms with Crippen molar-refractivity contribution in [3.05, 3.63) is 12.2 Å². The number of likely N-dealkylation sites (tertiary alicyclic amines) is 1. The molecule has 1 amide bonds. The Morgan fingerprint density at radius 2 is 2.10 bits per heavy atom. The normalized spacial score (nSPS) is 22.4. The van der Waals surface area contributed by atoms with Gasteiger partial charge >= 0.3 is 0 Å². The van der Waals surface area contributed by atoms with E-state index in [1.807, 2.05) is 12.2 Å². The molecule has 0 aliphatic carbocycles. The van der Waals surface area contributed by atoms with Crippen LogP contribution in [-0.4, -0.2) is 62.8 Å². The Labute approximate surface area is 139 Å². The number of nitrogens with one attached hydrogen (secondary N) is 2. The van der Waals surface area contributed by atoms with Crippen LogP contribution in [0.3, 0.4) is 0 Å². The molecule has 1 atom stereocenters. The zero-order valence-corrected chi connectivity index (χ0v) is 14.2. The first-order chi connectivity index (χ1) is 9.25. The predicted octanol–water partition coefficient (Wildman–Crippen LogP) is 0.975. The van der Waals surface area contributed by atoms with Gasteiger partial charge in [-0.25, -0.2) is 0 Å². The summed E-state index contributed by atoms with van der Waals surface area (Å²) in [5.74, 6) is 0.0630. The first-order valence-electron chi connectivity index (χ1n) is 7.23. The maximum Gasteiger partial charge on any atom is 0.241 e. The number of ether oxygens (including phenoxy) is 1. The summed E-state index contributed by atoms with van der Waals surface area (Å²) in [6, 6.07) is -0.144. The van der Waals surface area contributed by atoms with Crippen molar-refractivity contribution in [3.8, 4) is 0 Å². The van der Waals surface area contributed by atoms with E-state index in [9.17, 15) is 4.79 Å². The molecule has 0 aromatic rings. The summed E-state index contributed by atoms with van der Waals surface area (Å²) in [7, 11) is 2.15. The molecular formula is C14H27Cl2N3O2. The lowest BCUT2D eigenvalue weighted by molar-refractivity contribution is -0.121. The van der Waals surface area contributed by atoms with Crippen molar-refractivity contribution >= 4 is 30.7 Å². The predicted molar refractivity (Wildman–Crippen MR) is 89.5 cm³/mol. The Balaban J connectivity index is 0.00000200. The Kier molecular flexibility index (Phi) is 11.1. The third-order valence-corrected chi connectivity index (χ3v) is 3.71. The van der Waals surface area contributed by atoms with Gasteiger partial charge < -0.3 is 15.0 Å². The minimum Gasteiger partial charge on any atom is -0.378 e. The minimum atomic E-state index is -0.144. The number of piperidine rings is 1. The highest BCUT2D eigenvalue weighted by atomic mass is 35.5. The molecule has 2 aliphatic rings. The van der Waals surface area contributed by atoms with Gasteiger partial charge in [-0.3, -0.25) is 10.1 Å². The highest BCUT2D eigenvalue weighted by Gasteiger charge is 2.18. The van der Waals surface area contributed by atoms with Gasteiger partial charge in [0.2, 0.25) is 5.91 Å². The van der Waals surface area contributed by atoms with Gasteiger partial charge in [0.25, 0.3) is 0 Å². The second kappa shape index (κ2) is 11.3. The molecule has 2 N–H and O–H groups in total. The van der Waals surface area contributed by atoms with Crippen LogP contribution in [0.1, 0.15) is 19.3 Å². The lowest BCUT2D eigenvalue weighted by Crippen LogP contribution is -2.41. The molecule has 2 aliphatic heterocycles. The van der Waals surface area contributed by atoms with Gasteiger partial charge in [-0.1, -0.05) is 12.2 Å². The van der Waals surface area contributed by atoms with Crippen LogP contribution in [0.4, 0.5) is 0 Å². The number of nitrogens with zero attached hydrogens (tertiary/aromatic N) is 1. The van der Waals surface area contributed by atoms with Crippen LogP contribution in [0.25, 0.3) is 0 Å². The van der Waals surface area contributed by atoms with E-state index in [2.05, 4.69) is 22.6 Å². The van der Waals surface area contributed by atoms with Crippen molar-refractivity contribution < 1.29 is 9.53 Å². The first-order valence-corrected chi connectivity index (χ1v) is 7.23. The molecule has 2 heterocycles. The first kappa shape index (κ1) is 20.7. The van der Waals surface area contributed by atoms with E-state index in [1.165, 1.54) is 0 Å². The SMILES string of the molecule is CN1CCC(OCCCNC(=O)C2C=CCN2)CC1.Cl.Cl. The molecule has 124 valence electrons. The lowest BCUT2D eigenvalue weighted by atomic mass is 10.1. The van der Waals surface area contributed by atoms with Crippen LogP contribution in [0, 0.1) is 0 Å². The Hall–Kier alpha value is -0.330. The molecule has 21 heavy (non-hydrogen) atoms. The molecule has 1 fully saturated rings. The Bertz CT molecular complexity index is 321. The quantitative estimate of drug-likeness (QED) is 0.559. The van der Waals surface area contributed by atoms with Gasteiger partial charge in [0.15, 0.2) is 0 Å². The molecular weight excluding hydrogens is 313 g/mol. The van der Waals surface area contributed by atoms with Gasteiger partial charge in [-0.05, 0) is 26.3 Å². The highest BCUT2D eigenvalue weighted by Crippen LogP contribution is 2.11. The second-order valence-electron chi connectivity index (χ2n) is 5.33. The zero-order valence-electron chi connectivity index (χ0n) is 12.5. The van der Waals surface area contributed by atoms with E-state index < -0.39 is 0 Å². The van der Waals surface area contributed by atoms with Crippen LogP contribution in [0.5, 0.6) is 0 Å². The maximum atomic E-state index is 11.7. The van der Waals surface area contributed by atoms with Crippen molar-refractivity contribution in [2.24, 2.45) is 0 Å². The molecule has 0 saturated carbocycles. The number of hydrogen-bond donors (Lipinski definition) is 2. The van der Waals surface area contributed by atoms with Gasteiger partial charge in [0.1, 0.15) is 6.04 Å². The Morgan fingerprint density at radius 1 is 1.38 bits per heavy atom. The van der Waals surface area contributed by atoms with E-state index in [1.54, 1.807) is 0 Å². The van der Waals surface area contributed by atoms with Gasteiger partial charge in [-0.2, -0.15) is 0 Å². The third-order valence-electron chi connectivity index (χ3n) is 3.71. The minimum absolute atomic E-state index is 0. The molecule has 0 aromatic carbocycles. The molecule has 1 unspecified atom stereocenters. The standard InChI is InChI=1S/C14H25N3O2.2ClH/c1-17-9-5-12(6-10-17)19-11-3-8-16-14(18)13-4-2-7-15-13;;/h2,4,12-13,15H,3,5-11H2,1H3,(H,16,18);2*1H. The number of amides is 1. The molecule has 2 rings (SSSR count). The topological polar surface area (TPSA) is 53.6 Å². The number of carbonyl (C=O) groups is 1. The Morgan fingerprint density at radius 3 is 2.71 bits per heavy atom. The van der Waals surface area contributed by atoms with Gasteiger partial charge in [0.05, 0.1) is 6.10 Å². The van der Waals surface area contributed by atoms with Crippen LogP contribution in [0.15, 0.2) is 12.2 Å². The number of hydrogen-bond acceptors (Lipinski definition) is 4. The van der Waals surface area contributed by atoms with Gasteiger partial charge in [0, 0.05) is 32.8 Å². The summed E-state index contributed by atoms with van der Waals surface area (Å²) in [6.07, 6.45) is 7.43. The number of rotatable bonds is 6. The molecule has 0 radical (unpaired) electrons. The summed E-state index contributed by atoms with van der Waals surface area (Å²) in [6.45, 7) is 4.47. The van der Waals surface area contributed by atoms with E-state index in [4.69, 9.17) is 4.74 Å². The van der Waals surface area contributed by atoms with E-state index in [0.29, 0.717) is 12.6 Å². The molecule has 5 nitrogen and oxygen atoms in total. The van der Waals surface area contributed by atoms with E-state index in [-0.39, 0.29) is 36.8 Å². The van der Waals surface area contributed by atoms with Gasteiger partial charge in [-0.15, -0.1) is 24.8 Å². The molecule has 7 heteroatoms. The average Bonchev–Trinajstić information content (AvgIpc) is 2.94. The number of halogens is 2. The van der Waals surface area contributed by atoms with Crippen LogP contribution in [0.2, 0.25) is 0 Å². The van der Waals surface area contributed by atoms with Crippen molar-refractivity contribution in [1.29, 1.82) is 0 Å². The molecule has 0 spiro atoms. The summed E-state index contributed by atoms with van der Waals surface area (Å²) >= 11 is 0. The van der Waals surface area contributed by atoms with Crippen LogP contribution < -0.4 is 10.6 Å². The lowest BCUT2D eigenvalue weighted by Gasteiger charge is -2.28. The number of carbonyl (C=O) groups excluding carboxylic acids is 1.